The van der Waals surface area contributed by atoms with Crippen molar-refractivity contribution in [3.8, 4) is 11.5 Å². The van der Waals surface area contributed by atoms with Crippen LogP contribution in [-0.4, -0.2) is 35.7 Å². The summed E-state index contributed by atoms with van der Waals surface area (Å²) in [7, 11) is 0. The number of esters is 1. The standard InChI is InChI=1S/C18H20N2O6/c1-9(2)26-17(22)15-10(3)19-18(23)20(11(4)21)16(15)12-5-6-13-14(7-12)25-8-24-13/h5-7,9,16H,8H2,1-4H3,(H,19,23)/t16-/m1/s1. The van der Waals surface area contributed by atoms with Crippen LogP contribution in [0.2, 0.25) is 0 Å². The lowest BCUT2D eigenvalue weighted by Crippen LogP contribution is -2.50. The fourth-order valence-electron chi connectivity index (χ4n) is 3.01. The van der Waals surface area contributed by atoms with E-state index in [1.54, 1.807) is 39.0 Å². The van der Waals surface area contributed by atoms with Crippen molar-refractivity contribution in [1.82, 2.24) is 10.2 Å². The van der Waals surface area contributed by atoms with E-state index in [2.05, 4.69) is 5.32 Å². The summed E-state index contributed by atoms with van der Waals surface area (Å²) in [4.78, 5) is 38.3. The van der Waals surface area contributed by atoms with Gasteiger partial charge in [-0.2, -0.15) is 0 Å². The Labute approximate surface area is 150 Å². The van der Waals surface area contributed by atoms with Crippen molar-refractivity contribution < 1.29 is 28.6 Å². The third kappa shape index (κ3) is 3.10. The van der Waals surface area contributed by atoms with Crippen LogP contribution in [0.25, 0.3) is 0 Å². The van der Waals surface area contributed by atoms with Crippen molar-refractivity contribution in [2.24, 2.45) is 0 Å². The van der Waals surface area contributed by atoms with E-state index in [4.69, 9.17) is 14.2 Å². The lowest BCUT2D eigenvalue weighted by atomic mass is 9.93. The Morgan fingerprint density at radius 1 is 1.27 bits per heavy atom. The number of hydrogen-bond acceptors (Lipinski definition) is 6. The van der Waals surface area contributed by atoms with Gasteiger partial charge >= 0.3 is 12.0 Å². The number of allylic oxidation sites excluding steroid dienone is 1. The Balaban J connectivity index is 2.13. The van der Waals surface area contributed by atoms with Crippen LogP contribution >= 0.6 is 0 Å². The number of hydrogen-bond donors (Lipinski definition) is 1. The lowest BCUT2D eigenvalue weighted by Gasteiger charge is -2.36. The molecule has 0 aromatic heterocycles. The number of carbonyl (C=O) groups is 3. The average molecular weight is 360 g/mol. The zero-order valence-corrected chi connectivity index (χ0v) is 15.0. The fraction of sp³-hybridized carbons (Fsp3) is 0.389. The molecule has 138 valence electrons. The molecule has 1 aromatic carbocycles. The number of ether oxygens (including phenoxy) is 3. The molecule has 1 atom stereocenters. The summed E-state index contributed by atoms with van der Waals surface area (Å²) >= 11 is 0. The minimum Gasteiger partial charge on any atom is -0.459 e. The van der Waals surface area contributed by atoms with Gasteiger partial charge < -0.3 is 19.5 Å². The molecule has 0 spiro atoms. The normalized spacial score (nSPS) is 18.9. The van der Waals surface area contributed by atoms with Gasteiger partial charge in [0.2, 0.25) is 12.7 Å². The number of rotatable bonds is 3. The minimum atomic E-state index is -0.915. The second kappa shape index (κ2) is 6.70. The molecule has 3 amide bonds. The first-order chi connectivity index (χ1) is 12.3. The van der Waals surface area contributed by atoms with Gasteiger partial charge in [-0.15, -0.1) is 0 Å². The Bertz CT molecular complexity index is 814. The lowest BCUT2D eigenvalue weighted by molar-refractivity contribution is -0.143. The molecule has 1 N–H and O–H groups in total. The van der Waals surface area contributed by atoms with Crippen LogP contribution in [0.3, 0.4) is 0 Å². The summed E-state index contributed by atoms with van der Waals surface area (Å²) in [5, 5.41) is 2.56. The second-order valence-electron chi connectivity index (χ2n) is 6.33. The first-order valence-electron chi connectivity index (χ1n) is 8.21. The molecule has 2 aliphatic rings. The Hall–Kier alpha value is -3.03. The van der Waals surface area contributed by atoms with E-state index in [0.717, 1.165) is 4.90 Å². The Kier molecular flexibility index (Phi) is 4.58. The van der Waals surface area contributed by atoms with E-state index in [9.17, 15) is 14.4 Å². The first-order valence-corrected chi connectivity index (χ1v) is 8.21. The van der Waals surface area contributed by atoms with Crippen molar-refractivity contribution in [2.75, 3.05) is 6.79 Å². The van der Waals surface area contributed by atoms with Gasteiger partial charge in [0.05, 0.1) is 11.7 Å². The quantitative estimate of drug-likeness (QED) is 0.831. The summed E-state index contributed by atoms with van der Waals surface area (Å²) in [6.07, 6.45) is -0.344. The molecular weight excluding hydrogens is 340 g/mol. The molecule has 0 radical (unpaired) electrons. The summed E-state index contributed by atoms with van der Waals surface area (Å²) in [6.45, 7) is 6.43. The zero-order chi connectivity index (χ0) is 19.0. The molecule has 1 aromatic rings. The van der Waals surface area contributed by atoms with Crippen molar-refractivity contribution in [1.29, 1.82) is 0 Å². The van der Waals surface area contributed by atoms with Gasteiger partial charge in [0.1, 0.15) is 6.04 Å². The van der Waals surface area contributed by atoms with Gasteiger partial charge in [0.25, 0.3) is 0 Å². The molecule has 2 heterocycles. The molecule has 0 saturated carbocycles. The monoisotopic (exact) mass is 360 g/mol. The number of imide groups is 1. The van der Waals surface area contributed by atoms with Crippen LogP contribution in [0.4, 0.5) is 4.79 Å². The molecule has 8 nitrogen and oxygen atoms in total. The molecule has 8 heteroatoms. The molecular formula is C18H20N2O6. The van der Waals surface area contributed by atoms with E-state index >= 15 is 0 Å². The van der Waals surface area contributed by atoms with Crippen molar-refractivity contribution in [3.05, 3.63) is 35.0 Å². The van der Waals surface area contributed by atoms with E-state index in [1.165, 1.54) is 6.92 Å². The smallest absolute Gasteiger partial charge is 0.338 e. The van der Waals surface area contributed by atoms with E-state index in [-0.39, 0.29) is 18.5 Å². The van der Waals surface area contributed by atoms with Crippen LogP contribution in [0, 0.1) is 0 Å². The van der Waals surface area contributed by atoms with Crippen LogP contribution in [0.15, 0.2) is 29.5 Å². The fourth-order valence-corrected chi connectivity index (χ4v) is 3.01. The maximum absolute atomic E-state index is 12.7. The molecule has 2 aliphatic heterocycles. The van der Waals surface area contributed by atoms with E-state index < -0.39 is 23.9 Å². The predicted octanol–water partition coefficient (Wildman–Crippen LogP) is 2.25. The molecule has 3 rings (SSSR count). The summed E-state index contributed by atoms with van der Waals surface area (Å²) < 4.78 is 16.0. The maximum atomic E-state index is 12.7. The second-order valence-corrected chi connectivity index (χ2v) is 6.33. The highest BCUT2D eigenvalue weighted by Gasteiger charge is 2.41. The van der Waals surface area contributed by atoms with Crippen LogP contribution in [-0.2, 0) is 14.3 Å². The SMILES string of the molecule is CC(=O)N1C(=O)NC(C)=C(C(=O)OC(C)C)[C@H]1c1ccc2c(c1)OCO2. The van der Waals surface area contributed by atoms with Gasteiger partial charge in [-0.05, 0) is 38.5 Å². The van der Waals surface area contributed by atoms with Gasteiger partial charge in [-0.1, -0.05) is 6.07 Å². The highest BCUT2D eigenvalue weighted by molar-refractivity contribution is 6.01. The number of benzene rings is 1. The average Bonchev–Trinajstić information content (AvgIpc) is 3.00. The number of nitrogens with zero attached hydrogens (tertiary/aromatic N) is 1. The number of amides is 3. The van der Waals surface area contributed by atoms with Gasteiger partial charge in [0.15, 0.2) is 11.5 Å². The van der Waals surface area contributed by atoms with Gasteiger partial charge in [0, 0.05) is 12.6 Å². The summed E-state index contributed by atoms with van der Waals surface area (Å²) in [5.74, 6) is -0.0273. The topological polar surface area (TPSA) is 94.2 Å². The third-order valence-electron chi connectivity index (χ3n) is 4.06. The number of urea groups is 1. The van der Waals surface area contributed by atoms with Gasteiger partial charge in [-0.25, -0.2) is 9.59 Å². The van der Waals surface area contributed by atoms with Gasteiger partial charge in [-0.3, -0.25) is 9.69 Å². The third-order valence-corrected chi connectivity index (χ3v) is 4.06. The largest absolute Gasteiger partial charge is 0.459 e. The molecule has 0 fully saturated rings. The first kappa shape index (κ1) is 17.8. The predicted molar refractivity (Wildman–Crippen MR) is 90.3 cm³/mol. The Morgan fingerprint density at radius 2 is 1.96 bits per heavy atom. The Morgan fingerprint density at radius 3 is 2.62 bits per heavy atom. The zero-order valence-electron chi connectivity index (χ0n) is 15.0. The number of fused-ring (bicyclic) bond motifs is 1. The number of carbonyl (C=O) groups excluding carboxylic acids is 3. The van der Waals surface area contributed by atoms with Crippen molar-refractivity contribution >= 4 is 17.9 Å². The highest BCUT2D eigenvalue weighted by atomic mass is 16.7. The molecule has 0 saturated heterocycles. The summed E-state index contributed by atoms with van der Waals surface area (Å²) in [5.41, 5.74) is 1.10. The van der Waals surface area contributed by atoms with E-state index in [1.807, 2.05) is 0 Å². The molecule has 0 unspecified atom stereocenters. The molecule has 0 bridgehead atoms. The molecule has 26 heavy (non-hydrogen) atoms. The van der Waals surface area contributed by atoms with E-state index in [0.29, 0.717) is 22.8 Å². The van der Waals surface area contributed by atoms with Crippen LogP contribution in [0.5, 0.6) is 11.5 Å². The molecule has 0 aliphatic carbocycles. The maximum Gasteiger partial charge on any atom is 0.338 e. The van der Waals surface area contributed by atoms with Crippen molar-refractivity contribution in [2.45, 2.75) is 39.8 Å². The minimum absolute atomic E-state index is 0.0947. The van der Waals surface area contributed by atoms with Crippen LogP contribution < -0.4 is 14.8 Å². The summed E-state index contributed by atoms with van der Waals surface area (Å²) in [6, 6.07) is 3.53. The van der Waals surface area contributed by atoms with Crippen molar-refractivity contribution in [3.63, 3.8) is 0 Å². The van der Waals surface area contributed by atoms with Crippen LogP contribution in [0.1, 0.15) is 39.3 Å². The number of nitrogens with one attached hydrogen (secondary N) is 1. The highest BCUT2D eigenvalue weighted by Crippen LogP contribution is 2.40.